The molecule has 0 unspecified atom stereocenters. The van der Waals surface area contributed by atoms with Gasteiger partial charge in [0.1, 0.15) is 5.76 Å². The van der Waals surface area contributed by atoms with Gasteiger partial charge in [0.15, 0.2) is 5.09 Å². The highest BCUT2D eigenvalue weighted by atomic mass is 32.2. The Kier molecular flexibility index (Phi) is 6.43. The van der Waals surface area contributed by atoms with Crippen LogP contribution in [-0.2, 0) is 4.79 Å². The summed E-state index contributed by atoms with van der Waals surface area (Å²) in [7, 11) is 0. The molecule has 0 atom stereocenters. The van der Waals surface area contributed by atoms with Gasteiger partial charge in [-0.3, -0.25) is 9.59 Å². The molecule has 3 rings (SSSR count). The van der Waals surface area contributed by atoms with E-state index in [1.54, 1.807) is 36.4 Å². The fourth-order valence-corrected chi connectivity index (χ4v) is 2.81. The van der Waals surface area contributed by atoms with E-state index in [0.717, 1.165) is 5.69 Å². The molecule has 2 aromatic carbocycles. The first-order valence-electron chi connectivity index (χ1n) is 8.17. The van der Waals surface area contributed by atoms with Gasteiger partial charge in [-0.2, -0.15) is 5.10 Å². The number of carbonyl (C=O) groups excluding carboxylic acids is 2. The van der Waals surface area contributed by atoms with Crippen molar-refractivity contribution >= 4 is 35.5 Å². The van der Waals surface area contributed by atoms with Crippen LogP contribution in [0.1, 0.15) is 16.1 Å². The summed E-state index contributed by atoms with van der Waals surface area (Å²) in [6.45, 7) is 0. The number of amides is 2. The molecular formula is C20H17N3O3S. The van der Waals surface area contributed by atoms with Crippen molar-refractivity contribution in [3.8, 4) is 0 Å². The maximum Gasteiger partial charge on any atom is 0.271 e. The van der Waals surface area contributed by atoms with Crippen molar-refractivity contribution in [1.82, 2.24) is 5.43 Å². The SMILES string of the molecule is O=C(CSc1ccc(/C=N/NC(=O)c2ccccc2)o1)Nc1ccccc1. The molecule has 27 heavy (non-hydrogen) atoms. The lowest BCUT2D eigenvalue weighted by atomic mass is 10.2. The number of carbonyl (C=O) groups is 2. The Hall–Kier alpha value is -3.32. The maximum atomic E-state index is 11.9. The first-order chi connectivity index (χ1) is 13.2. The first-order valence-corrected chi connectivity index (χ1v) is 9.15. The zero-order valence-corrected chi connectivity index (χ0v) is 15.1. The molecule has 0 aliphatic carbocycles. The van der Waals surface area contributed by atoms with Gasteiger partial charge in [-0.1, -0.05) is 48.2 Å². The number of furan rings is 1. The minimum absolute atomic E-state index is 0.118. The Morgan fingerprint density at radius 3 is 2.41 bits per heavy atom. The monoisotopic (exact) mass is 379 g/mol. The highest BCUT2D eigenvalue weighted by molar-refractivity contribution is 7.99. The lowest BCUT2D eigenvalue weighted by molar-refractivity contribution is -0.113. The molecule has 2 amide bonds. The van der Waals surface area contributed by atoms with Crippen molar-refractivity contribution in [3.63, 3.8) is 0 Å². The number of hydrogen-bond donors (Lipinski definition) is 2. The molecule has 0 aliphatic heterocycles. The van der Waals surface area contributed by atoms with E-state index in [9.17, 15) is 9.59 Å². The minimum atomic E-state index is -0.300. The van der Waals surface area contributed by atoms with Gasteiger partial charge in [0.05, 0.1) is 12.0 Å². The van der Waals surface area contributed by atoms with E-state index in [1.807, 2.05) is 36.4 Å². The zero-order chi connectivity index (χ0) is 18.9. The van der Waals surface area contributed by atoms with Crippen LogP contribution >= 0.6 is 11.8 Å². The molecular weight excluding hydrogens is 362 g/mol. The highest BCUT2D eigenvalue weighted by Crippen LogP contribution is 2.20. The summed E-state index contributed by atoms with van der Waals surface area (Å²) in [5.74, 6) is 0.289. The molecule has 0 bridgehead atoms. The van der Waals surface area contributed by atoms with Gasteiger partial charge < -0.3 is 9.73 Å². The number of hydrazone groups is 1. The predicted molar refractivity (Wildman–Crippen MR) is 106 cm³/mol. The van der Waals surface area contributed by atoms with E-state index in [4.69, 9.17) is 4.42 Å². The first kappa shape index (κ1) is 18.5. The van der Waals surface area contributed by atoms with Crippen molar-refractivity contribution in [2.24, 2.45) is 5.10 Å². The minimum Gasteiger partial charge on any atom is -0.449 e. The molecule has 2 N–H and O–H groups in total. The molecule has 6 nitrogen and oxygen atoms in total. The summed E-state index contributed by atoms with van der Waals surface area (Å²) < 4.78 is 5.55. The fourth-order valence-electron chi connectivity index (χ4n) is 2.15. The number of hydrogen-bond acceptors (Lipinski definition) is 5. The van der Waals surface area contributed by atoms with Crippen LogP contribution < -0.4 is 10.7 Å². The third-order valence-electron chi connectivity index (χ3n) is 3.40. The molecule has 1 heterocycles. The number of benzene rings is 2. The number of nitrogens with zero attached hydrogens (tertiary/aromatic N) is 1. The van der Waals surface area contributed by atoms with E-state index >= 15 is 0 Å². The quantitative estimate of drug-likeness (QED) is 0.372. The summed E-state index contributed by atoms with van der Waals surface area (Å²) in [6, 6.07) is 21.5. The van der Waals surface area contributed by atoms with E-state index in [0.29, 0.717) is 16.4 Å². The van der Waals surface area contributed by atoms with Crippen LogP contribution in [0.3, 0.4) is 0 Å². The van der Waals surface area contributed by atoms with Gasteiger partial charge >= 0.3 is 0 Å². The van der Waals surface area contributed by atoms with Gasteiger partial charge in [-0.05, 0) is 36.4 Å². The highest BCUT2D eigenvalue weighted by Gasteiger charge is 2.07. The van der Waals surface area contributed by atoms with E-state index in [1.165, 1.54) is 18.0 Å². The van der Waals surface area contributed by atoms with Crippen LogP contribution in [0.2, 0.25) is 0 Å². The number of para-hydroxylation sites is 1. The predicted octanol–water partition coefficient (Wildman–Crippen LogP) is 3.77. The number of thioether (sulfide) groups is 1. The molecule has 0 saturated carbocycles. The number of anilines is 1. The largest absolute Gasteiger partial charge is 0.449 e. The Morgan fingerprint density at radius 1 is 0.963 bits per heavy atom. The smallest absolute Gasteiger partial charge is 0.271 e. The van der Waals surface area contributed by atoms with Crippen LogP contribution in [0.15, 0.2) is 87.4 Å². The normalized spacial score (nSPS) is 10.7. The molecule has 0 saturated heterocycles. The van der Waals surface area contributed by atoms with Gasteiger partial charge in [-0.15, -0.1) is 0 Å². The average molecular weight is 379 g/mol. The summed E-state index contributed by atoms with van der Waals surface area (Å²) in [4.78, 5) is 23.8. The van der Waals surface area contributed by atoms with Crippen molar-refractivity contribution < 1.29 is 14.0 Å². The van der Waals surface area contributed by atoms with Crippen LogP contribution in [0.5, 0.6) is 0 Å². The second-order valence-corrected chi connectivity index (χ2v) is 6.40. The lowest BCUT2D eigenvalue weighted by Crippen LogP contribution is -2.17. The van der Waals surface area contributed by atoms with E-state index in [-0.39, 0.29) is 17.6 Å². The van der Waals surface area contributed by atoms with Gasteiger partial charge in [0, 0.05) is 11.3 Å². The second-order valence-electron chi connectivity index (χ2n) is 5.42. The zero-order valence-electron chi connectivity index (χ0n) is 14.3. The Labute approximate surface area is 160 Å². The third kappa shape index (κ3) is 5.86. The third-order valence-corrected chi connectivity index (χ3v) is 4.31. The second kappa shape index (κ2) is 9.40. The van der Waals surface area contributed by atoms with Crippen molar-refractivity contribution in [1.29, 1.82) is 0 Å². The fraction of sp³-hybridized carbons (Fsp3) is 0.0500. The standard InChI is InChI=1S/C20H17N3O3S/c24-18(22-16-9-5-2-6-10-16)14-27-19-12-11-17(26-19)13-21-23-20(25)15-7-3-1-4-8-15/h1-13H,14H2,(H,22,24)(H,23,25)/b21-13+. The Bertz CT molecular complexity index is 924. The van der Waals surface area contributed by atoms with Crippen LogP contribution in [0, 0.1) is 0 Å². The van der Waals surface area contributed by atoms with Gasteiger partial charge in [0.25, 0.3) is 5.91 Å². The van der Waals surface area contributed by atoms with E-state index < -0.39 is 0 Å². The molecule has 1 aromatic heterocycles. The van der Waals surface area contributed by atoms with Crippen LogP contribution in [0.4, 0.5) is 5.69 Å². The molecule has 0 radical (unpaired) electrons. The maximum absolute atomic E-state index is 11.9. The van der Waals surface area contributed by atoms with Crippen molar-refractivity contribution in [2.75, 3.05) is 11.1 Å². The molecule has 3 aromatic rings. The molecule has 7 heteroatoms. The van der Waals surface area contributed by atoms with Crippen LogP contribution in [-0.4, -0.2) is 23.8 Å². The summed E-state index contributed by atoms with van der Waals surface area (Å²) in [6.07, 6.45) is 1.41. The van der Waals surface area contributed by atoms with Crippen molar-refractivity contribution in [3.05, 3.63) is 84.1 Å². The topological polar surface area (TPSA) is 83.7 Å². The Balaban J connectivity index is 1.45. The molecule has 0 fully saturated rings. The molecule has 136 valence electrons. The number of rotatable bonds is 7. The lowest BCUT2D eigenvalue weighted by Gasteiger charge is -2.03. The number of nitrogens with one attached hydrogen (secondary N) is 2. The summed E-state index contributed by atoms with van der Waals surface area (Å²) >= 11 is 1.28. The van der Waals surface area contributed by atoms with Gasteiger partial charge in [-0.25, -0.2) is 5.43 Å². The summed E-state index contributed by atoms with van der Waals surface area (Å²) in [5, 5.41) is 7.27. The van der Waals surface area contributed by atoms with Gasteiger partial charge in [0.2, 0.25) is 5.91 Å². The molecule has 0 spiro atoms. The Morgan fingerprint density at radius 2 is 1.67 bits per heavy atom. The summed E-state index contributed by atoms with van der Waals surface area (Å²) in [5.41, 5.74) is 3.71. The average Bonchev–Trinajstić information content (AvgIpc) is 3.15. The van der Waals surface area contributed by atoms with Crippen LogP contribution in [0.25, 0.3) is 0 Å². The van der Waals surface area contributed by atoms with Crippen molar-refractivity contribution in [2.45, 2.75) is 5.09 Å². The van der Waals surface area contributed by atoms with E-state index in [2.05, 4.69) is 15.8 Å². The molecule has 0 aliphatic rings.